The zero-order valence-electron chi connectivity index (χ0n) is 12.0. The number of rotatable bonds is 5. The summed E-state index contributed by atoms with van der Waals surface area (Å²) in [5.41, 5.74) is 3.04. The van der Waals surface area contributed by atoms with E-state index in [4.69, 9.17) is 4.74 Å². The Morgan fingerprint density at radius 1 is 1.35 bits per heavy atom. The fourth-order valence-electron chi connectivity index (χ4n) is 2.21. The molecule has 0 radical (unpaired) electrons. The summed E-state index contributed by atoms with van der Waals surface area (Å²) in [7, 11) is 3.33. The third-order valence-electron chi connectivity index (χ3n) is 3.44. The number of methoxy groups -OCH3 is 1. The van der Waals surface area contributed by atoms with Gasteiger partial charge in [0.05, 0.1) is 7.11 Å². The van der Waals surface area contributed by atoms with Crippen LogP contribution in [0.4, 0.5) is 4.39 Å². The minimum absolute atomic E-state index is 0.0176. The molecule has 0 spiro atoms. The topological polar surface area (TPSA) is 34.2 Å². The highest BCUT2D eigenvalue weighted by atomic mass is 19.1. The molecule has 106 valence electrons. The molecule has 0 aliphatic heterocycles. The van der Waals surface area contributed by atoms with Crippen molar-refractivity contribution in [3.05, 3.63) is 59.2 Å². The van der Waals surface area contributed by atoms with Crippen LogP contribution in [0.15, 0.2) is 36.5 Å². The molecular weight excluding hydrogens is 255 g/mol. The molecular formula is C16H19FN2O. The van der Waals surface area contributed by atoms with E-state index in [0.29, 0.717) is 0 Å². The molecule has 1 N–H and O–H groups in total. The van der Waals surface area contributed by atoms with Crippen LogP contribution in [0.2, 0.25) is 0 Å². The molecule has 3 nitrogen and oxygen atoms in total. The summed E-state index contributed by atoms with van der Waals surface area (Å²) in [5.74, 6) is -0.0828. The molecule has 0 bridgehead atoms. The predicted molar refractivity (Wildman–Crippen MR) is 77.4 cm³/mol. The third-order valence-corrected chi connectivity index (χ3v) is 3.44. The maximum absolute atomic E-state index is 13.8. The van der Waals surface area contributed by atoms with E-state index in [1.165, 1.54) is 13.2 Å². The van der Waals surface area contributed by atoms with Crippen LogP contribution in [0.5, 0.6) is 5.75 Å². The quantitative estimate of drug-likeness (QED) is 0.910. The Hall–Kier alpha value is -1.94. The second-order valence-electron chi connectivity index (χ2n) is 4.71. The average Bonchev–Trinajstić information content (AvgIpc) is 2.46. The second-order valence-corrected chi connectivity index (χ2v) is 4.71. The van der Waals surface area contributed by atoms with Crippen LogP contribution in [-0.4, -0.2) is 19.1 Å². The Kier molecular flexibility index (Phi) is 4.69. The molecule has 4 heteroatoms. The van der Waals surface area contributed by atoms with Gasteiger partial charge in [0.15, 0.2) is 11.6 Å². The molecule has 0 aliphatic rings. The van der Waals surface area contributed by atoms with Gasteiger partial charge in [-0.05, 0) is 43.3 Å². The summed E-state index contributed by atoms with van der Waals surface area (Å²) < 4.78 is 18.7. The van der Waals surface area contributed by atoms with Gasteiger partial charge in [0.2, 0.25) is 0 Å². The first-order valence-corrected chi connectivity index (χ1v) is 6.57. The van der Waals surface area contributed by atoms with Gasteiger partial charge in [0.25, 0.3) is 0 Å². The maximum Gasteiger partial charge on any atom is 0.165 e. The number of aryl methyl sites for hydroxylation is 1. The van der Waals surface area contributed by atoms with Crippen molar-refractivity contribution in [3.63, 3.8) is 0 Å². The van der Waals surface area contributed by atoms with Crippen molar-refractivity contribution in [2.24, 2.45) is 0 Å². The monoisotopic (exact) mass is 274 g/mol. The van der Waals surface area contributed by atoms with Crippen LogP contribution in [0, 0.1) is 12.7 Å². The average molecular weight is 274 g/mol. The van der Waals surface area contributed by atoms with Crippen molar-refractivity contribution in [1.82, 2.24) is 10.3 Å². The van der Waals surface area contributed by atoms with Gasteiger partial charge in [-0.25, -0.2) is 4.39 Å². The smallest absolute Gasteiger partial charge is 0.165 e. The van der Waals surface area contributed by atoms with E-state index < -0.39 is 0 Å². The standard InChI is InChI=1S/C16H19FN2O/c1-11-5-4-8-19-14(11)10-15(18-2)12-6-7-16(20-3)13(17)9-12/h4-9,15,18H,10H2,1-3H3. The van der Waals surface area contributed by atoms with E-state index in [9.17, 15) is 4.39 Å². The Morgan fingerprint density at radius 2 is 2.15 bits per heavy atom. The molecule has 0 aliphatic carbocycles. The van der Waals surface area contributed by atoms with Gasteiger partial charge in [-0.15, -0.1) is 0 Å². The summed E-state index contributed by atoms with van der Waals surface area (Å²) in [6, 6.07) is 9.01. The fraction of sp³-hybridized carbons (Fsp3) is 0.312. The summed E-state index contributed by atoms with van der Waals surface area (Å²) in [6.45, 7) is 2.03. The van der Waals surface area contributed by atoms with Crippen molar-refractivity contribution in [2.45, 2.75) is 19.4 Å². The van der Waals surface area contributed by atoms with E-state index in [0.717, 1.165) is 23.2 Å². The zero-order chi connectivity index (χ0) is 14.5. The highest BCUT2D eigenvalue weighted by Crippen LogP contribution is 2.24. The number of nitrogens with one attached hydrogen (secondary N) is 1. The van der Waals surface area contributed by atoms with E-state index >= 15 is 0 Å². The minimum Gasteiger partial charge on any atom is -0.494 e. The number of halogens is 1. The Bertz CT molecular complexity index is 586. The molecule has 2 aromatic rings. The molecule has 0 fully saturated rings. The lowest BCUT2D eigenvalue weighted by atomic mass is 9.99. The number of benzene rings is 1. The molecule has 1 unspecified atom stereocenters. The van der Waals surface area contributed by atoms with Gasteiger partial charge in [0.1, 0.15) is 0 Å². The van der Waals surface area contributed by atoms with Gasteiger partial charge in [-0.3, -0.25) is 4.98 Å². The number of hydrogen-bond acceptors (Lipinski definition) is 3. The van der Waals surface area contributed by atoms with Gasteiger partial charge in [-0.2, -0.15) is 0 Å². The van der Waals surface area contributed by atoms with Crippen LogP contribution in [0.1, 0.15) is 22.9 Å². The normalized spacial score (nSPS) is 12.2. The first-order valence-electron chi connectivity index (χ1n) is 6.57. The zero-order valence-corrected chi connectivity index (χ0v) is 12.0. The van der Waals surface area contributed by atoms with Crippen molar-refractivity contribution in [1.29, 1.82) is 0 Å². The molecule has 20 heavy (non-hydrogen) atoms. The molecule has 0 amide bonds. The molecule has 1 heterocycles. The maximum atomic E-state index is 13.8. The molecule has 0 saturated heterocycles. The number of aromatic nitrogens is 1. The minimum atomic E-state index is -0.344. The molecule has 1 aromatic carbocycles. The van der Waals surface area contributed by atoms with Gasteiger partial charge >= 0.3 is 0 Å². The van der Waals surface area contributed by atoms with Crippen LogP contribution in [-0.2, 0) is 6.42 Å². The largest absolute Gasteiger partial charge is 0.494 e. The molecule has 1 atom stereocenters. The Labute approximate surface area is 118 Å². The molecule has 0 saturated carbocycles. The SMILES string of the molecule is CNC(Cc1ncccc1C)c1ccc(OC)c(F)c1. The fourth-order valence-corrected chi connectivity index (χ4v) is 2.21. The second kappa shape index (κ2) is 6.48. The number of nitrogens with zero attached hydrogens (tertiary/aromatic N) is 1. The van der Waals surface area contributed by atoms with Crippen LogP contribution >= 0.6 is 0 Å². The van der Waals surface area contributed by atoms with Crippen molar-refractivity contribution < 1.29 is 9.13 Å². The lowest BCUT2D eigenvalue weighted by Crippen LogP contribution is -2.20. The van der Waals surface area contributed by atoms with Gasteiger partial charge in [0, 0.05) is 24.4 Å². The third kappa shape index (κ3) is 3.14. The van der Waals surface area contributed by atoms with E-state index in [-0.39, 0.29) is 17.6 Å². The molecule has 1 aromatic heterocycles. The van der Waals surface area contributed by atoms with Gasteiger partial charge in [-0.1, -0.05) is 12.1 Å². The lowest BCUT2D eigenvalue weighted by molar-refractivity contribution is 0.385. The van der Waals surface area contributed by atoms with Gasteiger partial charge < -0.3 is 10.1 Å². The lowest BCUT2D eigenvalue weighted by Gasteiger charge is -2.18. The number of hydrogen-bond donors (Lipinski definition) is 1. The van der Waals surface area contributed by atoms with E-state index in [1.54, 1.807) is 12.3 Å². The van der Waals surface area contributed by atoms with Crippen molar-refractivity contribution >= 4 is 0 Å². The van der Waals surface area contributed by atoms with Crippen LogP contribution in [0.25, 0.3) is 0 Å². The highest BCUT2D eigenvalue weighted by Gasteiger charge is 2.14. The van der Waals surface area contributed by atoms with Crippen LogP contribution in [0.3, 0.4) is 0 Å². The summed E-state index contributed by atoms with van der Waals surface area (Å²) in [5, 5.41) is 3.21. The van der Waals surface area contributed by atoms with Crippen molar-refractivity contribution in [2.75, 3.05) is 14.2 Å². The number of likely N-dealkylation sites (N-methyl/N-ethyl adjacent to an activating group) is 1. The number of ether oxygens (including phenoxy) is 1. The summed E-state index contributed by atoms with van der Waals surface area (Å²) >= 11 is 0. The van der Waals surface area contributed by atoms with E-state index in [1.807, 2.05) is 32.2 Å². The first kappa shape index (κ1) is 14.5. The number of pyridine rings is 1. The van der Waals surface area contributed by atoms with Crippen molar-refractivity contribution in [3.8, 4) is 5.75 Å². The Balaban J connectivity index is 2.24. The predicted octanol–water partition coefficient (Wildman–Crippen LogP) is 3.04. The Morgan fingerprint density at radius 3 is 2.75 bits per heavy atom. The molecule has 2 rings (SSSR count). The highest BCUT2D eigenvalue weighted by molar-refractivity contribution is 5.32. The van der Waals surface area contributed by atoms with Crippen LogP contribution < -0.4 is 10.1 Å². The first-order chi connectivity index (χ1) is 9.65. The summed E-state index contributed by atoms with van der Waals surface area (Å²) in [6.07, 6.45) is 2.50. The van der Waals surface area contributed by atoms with E-state index in [2.05, 4.69) is 10.3 Å². The summed E-state index contributed by atoms with van der Waals surface area (Å²) in [4.78, 5) is 4.39.